The largest absolute Gasteiger partial charge is 0.480 e. The zero-order chi connectivity index (χ0) is 11.6. The Labute approximate surface area is 83.5 Å². The molecule has 1 amide bonds. The van der Waals surface area contributed by atoms with Crippen molar-refractivity contribution >= 4 is 11.9 Å². The lowest BCUT2D eigenvalue weighted by Gasteiger charge is -2.15. The van der Waals surface area contributed by atoms with Gasteiger partial charge in [0.2, 0.25) is 0 Å². The van der Waals surface area contributed by atoms with Crippen LogP contribution in [0.15, 0.2) is 0 Å². The van der Waals surface area contributed by atoms with Crippen molar-refractivity contribution in [2.24, 2.45) is 5.92 Å². The van der Waals surface area contributed by atoms with Crippen LogP contribution >= 0.6 is 0 Å². The molecule has 1 saturated carbocycles. The summed E-state index contributed by atoms with van der Waals surface area (Å²) in [5.74, 6) is -3.50. The summed E-state index contributed by atoms with van der Waals surface area (Å²) in [7, 11) is 0. The summed E-state index contributed by atoms with van der Waals surface area (Å²) in [4.78, 5) is 21.0. The number of halogens is 3. The first-order valence-electron chi connectivity index (χ1n) is 4.41. The maximum Gasteiger partial charge on any atom is 0.471 e. The number of carbonyl (C=O) groups excluding carboxylic acids is 1. The van der Waals surface area contributed by atoms with Crippen LogP contribution in [0, 0.1) is 5.92 Å². The van der Waals surface area contributed by atoms with Crippen molar-refractivity contribution in [1.29, 1.82) is 0 Å². The molecule has 15 heavy (non-hydrogen) atoms. The van der Waals surface area contributed by atoms with Crippen LogP contribution in [0.25, 0.3) is 0 Å². The molecule has 2 N–H and O–H groups in total. The van der Waals surface area contributed by atoms with Gasteiger partial charge >= 0.3 is 18.1 Å². The molecule has 0 aliphatic heterocycles. The van der Waals surface area contributed by atoms with E-state index in [-0.39, 0.29) is 12.3 Å². The number of rotatable bonds is 4. The Morgan fingerprint density at radius 1 is 1.40 bits per heavy atom. The zero-order valence-electron chi connectivity index (χ0n) is 7.67. The van der Waals surface area contributed by atoms with Crippen LogP contribution in [-0.4, -0.2) is 29.2 Å². The van der Waals surface area contributed by atoms with Gasteiger partial charge in [-0.3, -0.25) is 4.79 Å². The highest BCUT2D eigenvalue weighted by Gasteiger charge is 2.41. The number of carboxylic acid groups (broad SMARTS) is 1. The molecule has 0 saturated heterocycles. The van der Waals surface area contributed by atoms with Crippen molar-refractivity contribution in [2.75, 3.05) is 0 Å². The third kappa shape index (κ3) is 3.77. The van der Waals surface area contributed by atoms with Crippen molar-refractivity contribution in [2.45, 2.75) is 31.5 Å². The molecule has 0 heterocycles. The first kappa shape index (κ1) is 11.8. The Morgan fingerprint density at radius 2 is 1.93 bits per heavy atom. The minimum absolute atomic E-state index is 0.0666. The second-order valence-corrected chi connectivity index (χ2v) is 3.54. The minimum Gasteiger partial charge on any atom is -0.480 e. The summed E-state index contributed by atoms with van der Waals surface area (Å²) in [6.07, 6.45) is -3.34. The third-order valence-electron chi connectivity index (χ3n) is 2.13. The lowest BCUT2D eigenvalue weighted by molar-refractivity contribution is -0.175. The van der Waals surface area contributed by atoms with Gasteiger partial charge in [-0.25, -0.2) is 4.79 Å². The van der Waals surface area contributed by atoms with Crippen LogP contribution in [0.3, 0.4) is 0 Å². The molecule has 0 aromatic carbocycles. The number of hydrogen-bond donors (Lipinski definition) is 2. The van der Waals surface area contributed by atoms with Crippen molar-refractivity contribution in [3.8, 4) is 0 Å². The molecule has 1 aliphatic carbocycles. The van der Waals surface area contributed by atoms with E-state index in [1.165, 1.54) is 5.32 Å². The molecular formula is C8H10F3NO3. The first-order valence-corrected chi connectivity index (χ1v) is 4.41. The molecule has 1 rings (SSSR count). The Kier molecular flexibility index (Phi) is 3.21. The quantitative estimate of drug-likeness (QED) is 0.747. The zero-order valence-corrected chi connectivity index (χ0v) is 7.67. The standard InChI is InChI=1S/C8H10F3NO3/c9-8(10,11)7(15)12-5(6(13)14)3-4-1-2-4/h4-5H,1-3H2,(H,12,15)(H,13,14). The molecule has 0 spiro atoms. The normalized spacial score (nSPS) is 18.3. The van der Waals surface area contributed by atoms with Crippen LogP contribution in [0.4, 0.5) is 13.2 Å². The van der Waals surface area contributed by atoms with E-state index in [1.54, 1.807) is 0 Å². The maximum atomic E-state index is 11.8. The molecule has 7 heteroatoms. The predicted octanol–water partition coefficient (Wildman–Crippen LogP) is 0.918. The van der Waals surface area contributed by atoms with E-state index in [9.17, 15) is 22.8 Å². The van der Waals surface area contributed by atoms with E-state index < -0.39 is 24.1 Å². The van der Waals surface area contributed by atoms with E-state index >= 15 is 0 Å². The molecule has 1 fully saturated rings. The van der Waals surface area contributed by atoms with Gasteiger partial charge in [0.1, 0.15) is 6.04 Å². The summed E-state index contributed by atoms with van der Waals surface area (Å²) in [6.45, 7) is 0. The second-order valence-electron chi connectivity index (χ2n) is 3.54. The number of hydrogen-bond acceptors (Lipinski definition) is 2. The van der Waals surface area contributed by atoms with Crippen LogP contribution in [-0.2, 0) is 9.59 Å². The van der Waals surface area contributed by atoms with Gasteiger partial charge in [0.25, 0.3) is 0 Å². The molecular weight excluding hydrogens is 215 g/mol. The van der Waals surface area contributed by atoms with Crippen LogP contribution < -0.4 is 5.32 Å². The molecule has 1 atom stereocenters. The van der Waals surface area contributed by atoms with Gasteiger partial charge < -0.3 is 10.4 Å². The summed E-state index contributed by atoms with van der Waals surface area (Å²) in [6, 6.07) is -1.44. The number of amides is 1. The number of alkyl halides is 3. The van der Waals surface area contributed by atoms with Gasteiger partial charge in [-0.05, 0) is 12.3 Å². The Balaban J connectivity index is 2.50. The van der Waals surface area contributed by atoms with Gasteiger partial charge in [-0.15, -0.1) is 0 Å². The summed E-state index contributed by atoms with van der Waals surface area (Å²) in [5, 5.41) is 10.0. The fourth-order valence-corrected chi connectivity index (χ4v) is 1.15. The highest BCUT2D eigenvalue weighted by atomic mass is 19.4. The third-order valence-corrected chi connectivity index (χ3v) is 2.13. The molecule has 0 aromatic rings. The van der Waals surface area contributed by atoms with E-state index in [0.29, 0.717) is 0 Å². The smallest absolute Gasteiger partial charge is 0.471 e. The van der Waals surface area contributed by atoms with Crippen LogP contribution in [0.2, 0.25) is 0 Å². The van der Waals surface area contributed by atoms with Crippen LogP contribution in [0.1, 0.15) is 19.3 Å². The highest BCUT2D eigenvalue weighted by molar-refractivity contribution is 5.86. The first-order chi connectivity index (χ1) is 6.80. The molecule has 86 valence electrons. The van der Waals surface area contributed by atoms with Gasteiger partial charge in [-0.1, -0.05) is 12.8 Å². The van der Waals surface area contributed by atoms with Crippen molar-refractivity contribution in [1.82, 2.24) is 5.32 Å². The van der Waals surface area contributed by atoms with Gasteiger partial charge in [-0.2, -0.15) is 13.2 Å². The fraction of sp³-hybridized carbons (Fsp3) is 0.750. The summed E-state index contributed by atoms with van der Waals surface area (Å²) in [5.41, 5.74) is 0. The molecule has 4 nitrogen and oxygen atoms in total. The van der Waals surface area contributed by atoms with Gasteiger partial charge in [0, 0.05) is 0 Å². The van der Waals surface area contributed by atoms with E-state index in [2.05, 4.69) is 0 Å². The number of carbonyl (C=O) groups is 2. The second kappa shape index (κ2) is 4.08. The molecule has 0 aromatic heterocycles. The average molecular weight is 225 g/mol. The van der Waals surface area contributed by atoms with Crippen molar-refractivity contribution in [3.05, 3.63) is 0 Å². The number of carboxylic acids is 1. The molecule has 0 radical (unpaired) electrons. The monoisotopic (exact) mass is 225 g/mol. The van der Waals surface area contributed by atoms with Gasteiger partial charge in [0.05, 0.1) is 0 Å². The topological polar surface area (TPSA) is 66.4 Å². The molecule has 1 unspecified atom stereocenters. The Bertz CT molecular complexity index is 273. The lowest BCUT2D eigenvalue weighted by atomic mass is 10.1. The van der Waals surface area contributed by atoms with Crippen LogP contribution in [0.5, 0.6) is 0 Å². The summed E-state index contributed by atoms with van der Waals surface area (Å²) >= 11 is 0. The Hall–Kier alpha value is -1.27. The molecule has 1 aliphatic rings. The average Bonchev–Trinajstić information content (AvgIpc) is 2.84. The number of nitrogens with one attached hydrogen (secondary N) is 1. The van der Waals surface area contributed by atoms with Crippen molar-refractivity contribution < 1.29 is 27.9 Å². The minimum atomic E-state index is -5.03. The predicted molar refractivity (Wildman–Crippen MR) is 43.0 cm³/mol. The summed E-state index contributed by atoms with van der Waals surface area (Å²) < 4.78 is 35.5. The fourth-order valence-electron chi connectivity index (χ4n) is 1.15. The maximum absolute atomic E-state index is 11.8. The van der Waals surface area contributed by atoms with E-state index in [1.807, 2.05) is 0 Å². The SMILES string of the molecule is O=C(O)C(CC1CC1)NC(=O)C(F)(F)F. The lowest BCUT2D eigenvalue weighted by Crippen LogP contribution is -2.47. The Morgan fingerprint density at radius 3 is 2.27 bits per heavy atom. The van der Waals surface area contributed by atoms with Gasteiger partial charge in [0.15, 0.2) is 0 Å². The van der Waals surface area contributed by atoms with E-state index in [4.69, 9.17) is 5.11 Å². The van der Waals surface area contributed by atoms with Crippen molar-refractivity contribution in [3.63, 3.8) is 0 Å². The highest BCUT2D eigenvalue weighted by Crippen LogP contribution is 2.33. The molecule has 0 bridgehead atoms. The number of aliphatic carboxylic acids is 1. The van der Waals surface area contributed by atoms with E-state index in [0.717, 1.165) is 12.8 Å².